The lowest BCUT2D eigenvalue weighted by atomic mass is 9.97. The van der Waals surface area contributed by atoms with Crippen LogP contribution in [0.2, 0.25) is 0 Å². The fourth-order valence-corrected chi connectivity index (χ4v) is 5.67. The molecule has 1 heterocycles. The molecule has 2 aromatic rings. The van der Waals surface area contributed by atoms with Crippen molar-refractivity contribution in [3.05, 3.63) is 59.7 Å². The summed E-state index contributed by atoms with van der Waals surface area (Å²) in [6, 6.07) is 12.3. The molecule has 2 N–H and O–H groups in total. The van der Waals surface area contributed by atoms with E-state index < -0.39 is 20.0 Å². The largest absolute Gasteiger partial charge is 0.338 e. The van der Waals surface area contributed by atoms with Crippen LogP contribution in [0.3, 0.4) is 0 Å². The fraction of sp³-hybridized carbons (Fsp3) is 0.348. The number of carbonyl (C=O) groups is 1. The van der Waals surface area contributed by atoms with Gasteiger partial charge >= 0.3 is 0 Å². The van der Waals surface area contributed by atoms with Crippen molar-refractivity contribution in [2.45, 2.75) is 29.6 Å². The zero-order valence-electron chi connectivity index (χ0n) is 18.3. The molecule has 1 saturated heterocycles. The molecule has 1 fully saturated rings. The van der Waals surface area contributed by atoms with Crippen molar-refractivity contribution in [2.75, 3.05) is 26.2 Å². The highest BCUT2D eigenvalue weighted by atomic mass is 32.2. The molecule has 1 atom stereocenters. The zero-order chi connectivity index (χ0) is 24.1. The van der Waals surface area contributed by atoms with E-state index in [1.807, 2.05) is 6.92 Å². The van der Waals surface area contributed by atoms with E-state index in [9.17, 15) is 21.6 Å². The Kier molecular flexibility index (Phi) is 7.92. The average molecular weight is 490 g/mol. The van der Waals surface area contributed by atoms with Crippen LogP contribution in [0.25, 0.3) is 0 Å². The Balaban J connectivity index is 1.61. The van der Waals surface area contributed by atoms with Crippen LogP contribution in [0.5, 0.6) is 0 Å². The van der Waals surface area contributed by atoms with Crippen molar-refractivity contribution in [1.29, 1.82) is 0 Å². The third kappa shape index (κ3) is 6.42. The summed E-state index contributed by atoms with van der Waals surface area (Å²) in [6.45, 7) is 2.98. The van der Waals surface area contributed by atoms with E-state index in [-0.39, 0.29) is 34.7 Å². The van der Waals surface area contributed by atoms with Crippen molar-refractivity contribution >= 4 is 26.0 Å². The van der Waals surface area contributed by atoms with Gasteiger partial charge in [0.2, 0.25) is 20.0 Å². The smallest absolute Gasteiger partial charge is 0.253 e. The highest BCUT2D eigenvalue weighted by Gasteiger charge is 2.26. The standard InChI is InChI=1S/C23H27N3O5S2/c1-3-14-24-32(28,29)22-12-8-20(9-13-22)23(27)26-15-4-5-19(17-26)16-25-33(30,31)21-10-6-18(2)7-11-21/h1,6-13,19,24-25H,4-5,14-17H2,2H3. The molecule has 176 valence electrons. The molecule has 0 aliphatic carbocycles. The van der Waals surface area contributed by atoms with E-state index in [4.69, 9.17) is 6.42 Å². The topological polar surface area (TPSA) is 113 Å². The maximum absolute atomic E-state index is 12.9. The van der Waals surface area contributed by atoms with Gasteiger partial charge in [-0.2, -0.15) is 4.72 Å². The molecule has 1 amide bonds. The van der Waals surface area contributed by atoms with Crippen LogP contribution in [0.15, 0.2) is 58.3 Å². The Morgan fingerprint density at radius 3 is 2.18 bits per heavy atom. The minimum atomic E-state index is -3.73. The maximum Gasteiger partial charge on any atom is 0.253 e. The first-order valence-electron chi connectivity index (χ1n) is 10.5. The molecule has 1 unspecified atom stereocenters. The lowest BCUT2D eigenvalue weighted by Crippen LogP contribution is -2.43. The monoisotopic (exact) mass is 489 g/mol. The number of amides is 1. The van der Waals surface area contributed by atoms with Gasteiger partial charge in [-0.05, 0) is 62.1 Å². The van der Waals surface area contributed by atoms with Gasteiger partial charge in [0, 0.05) is 25.2 Å². The van der Waals surface area contributed by atoms with Gasteiger partial charge in [0.15, 0.2) is 0 Å². The van der Waals surface area contributed by atoms with Crippen LogP contribution in [0, 0.1) is 25.2 Å². The summed E-state index contributed by atoms with van der Waals surface area (Å²) in [5.41, 5.74) is 1.34. The lowest BCUT2D eigenvalue weighted by molar-refractivity contribution is 0.0676. The molecule has 10 heteroatoms. The molecule has 33 heavy (non-hydrogen) atoms. The SMILES string of the molecule is C#CCNS(=O)(=O)c1ccc(C(=O)N2CCCC(CNS(=O)(=O)c3ccc(C)cc3)C2)cc1. The third-order valence-electron chi connectivity index (χ3n) is 5.48. The van der Waals surface area contributed by atoms with Gasteiger partial charge in [-0.1, -0.05) is 23.6 Å². The predicted octanol–water partition coefficient (Wildman–Crippen LogP) is 1.74. The van der Waals surface area contributed by atoms with Gasteiger partial charge in [0.05, 0.1) is 16.3 Å². The second-order valence-electron chi connectivity index (χ2n) is 7.98. The number of nitrogens with zero attached hydrogens (tertiary/aromatic N) is 1. The van der Waals surface area contributed by atoms with E-state index in [2.05, 4.69) is 15.4 Å². The maximum atomic E-state index is 12.9. The van der Waals surface area contributed by atoms with E-state index in [0.29, 0.717) is 18.7 Å². The summed E-state index contributed by atoms with van der Waals surface area (Å²) in [5, 5.41) is 0. The minimum absolute atomic E-state index is 0.0180. The number of carbonyl (C=O) groups excluding carboxylic acids is 1. The molecular weight excluding hydrogens is 462 g/mol. The normalized spacial score (nSPS) is 16.8. The van der Waals surface area contributed by atoms with Gasteiger partial charge in [0.1, 0.15) is 0 Å². The average Bonchev–Trinajstić information content (AvgIpc) is 2.81. The lowest BCUT2D eigenvalue weighted by Gasteiger charge is -2.33. The number of sulfonamides is 2. The summed E-state index contributed by atoms with van der Waals surface area (Å²) in [4.78, 5) is 14.8. The van der Waals surface area contributed by atoms with E-state index in [0.717, 1.165) is 18.4 Å². The zero-order valence-corrected chi connectivity index (χ0v) is 20.0. The van der Waals surface area contributed by atoms with Gasteiger partial charge in [-0.15, -0.1) is 6.42 Å². The van der Waals surface area contributed by atoms with Crippen LogP contribution in [0.1, 0.15) is 28.8 Å². The number of rotatable bonds is 8. The van der Waals surface area contributed by atoms with Gasteiger partial charge in [-0.25, -0.2) is 21.6 Å². The summed E-state index contributed by atoms with van der Waals surface area (Å²) in [6.07, 6.45) is 6.65. The van der Waals surface area contributed by atoms with E-state index >= 15 is 0 Å². The number of piperidine rings is 1. The van der Waals surface area contributed by atoms with Crippen molar-refractivity contribution in [2.24, 2.45) is 5.92 Å². The first-order chi connectivity index (χ1) is 15.6. The number of likely N-dealkylation sites (tertiary alicyclic amines) is 1. The molecule has 0 bridgehead atoms. The van der Waals surface area contributed by atoms with Crippen LogP contribution in [-0.4, -0.2) is 53.8 Å². The molecule has 8 nitrogen and oxygen atoms in total. The summed E-state index contributed by atoms with van der Waals surface area (Å²) in [5.74, 6) is 1.97. The Morgan fingerprint density at radius 2 is 1.58 bits per heavy atom. The summed E-state index contributed by atoms with van der Waals surface area (Å²) in [7, 11) is -7.35. The van der Waals surface area contributed by atoms with Crippen LogP contribution < -0.4 is 9.44 Å². The molecule has 1 aliphatic rings. The van der Waals surface area contributed by atoms with Gasteiger partial charge < -0.3 is 4.90 Å². The molecule has 3 rings (SSSR count). The van der Waals surface area contributed by atoms with Crippen LogP contribution in [-0.2, 0) is 20.0 Å². The Bertz CT molecular complexity index is 1230. The Morgan fingerprint density at radius 1 is 1.00 bits per heavy atom. The molecule has 0 aromatic heterocycles. The molecule has 0 radical (unpaired) electrons. The number of hydrogen-bond donors (Lipinski definition) is 2. The Labute approximate surface area is 195 Å². The van der Waals surface area contributed by atoms with Crippen molar-refractivity contribution < 1.29 is 21.6 Å². The molecule has 1 aliphatic heterocycles. The van der Waals surface area contributed by atoms with Crippen molar-refractivity contribution in [1.82, 2.24) is 14.3 Å². The predicted molar refractivity (Wildman–Crippen MR) is 125 cm³/mol. The minimum Gasteiger partial charge on any atom is -0.338 e. The van der Waals surface area contributed by atoms with Gasteiger partial charge in [0.25, 0.3) is 5.91 Å². The first-order valence-corrected chi connectivity index (χ1v) is 13.5. The molecular formula is C23H27N3O5S2. The van der Waals surface area contributed by atoms with Crippen molar-refractivity contribution in [3.8, 4) is 12.3 Å². The van der Waals surface area contributed by atoms with E-state index in [1.165, 1.54) is 24.3 Å². The summed E-state index contributed by atoms with van der Waals surface area (Å²) >= 11 is 0. The number of nitrogens with one attached hydrogen (secondary N) is 2. The first kappa shape index (κ1) is 24.9. The molecule has 0 saturated carbocycles. The quantitative estimate of drug-likeness (QED) is 0.549. The van der Waals surface area contributed by atoms with E-state index in [1.54, 1.807) is 29.2 Å². The van der Waals surface area contributed by atoms with Crippen LogP contribution in [0.4, 0.5) is 0 Å². The van der Waals surface area contributed by atoms with Crippen LogP contribution >= 0.6 is 0 Å². The highest BCUT2D eigenvalue weighted by molar-refractivity contribution is 7.89. The Hall–Kier alpha value is -2.71. The molecule has 2 aromatic carbocycles. The fourth-order valence-electron chi connectivity index (χ4n) is 3.62. The highest BCUT2D eigenvalue weighted by Crippen LogP contribution is 2.20. The number of aryl methyl sites for hydroxylation is 1. The second-order valence-corrected chi connectivity index (χ2v) is 11.5. The number of benzene rings is 2. The second kappa shape index (κ2) is 10.5. The number of terminal acetylenes is 1. The number of hydrogen-bond acceptors (Lipinski definition) is 5. The van der Waals surface area contributed by atoms with Gasteiger partial charge in [-0.3, -0.25) is 4.79 Å². The third-order valence-corrected chi connectivity index (χ3v) is 8.33. The molecule has 0 spiro atoms. The summed E-state index contributed by atoms with van der Waals surface area (Å²) < 4.78 is 54.3. The van der Waals surface area contributed by atoms with Crippen molar-refractivity contribution in [3.63, 3.8) is 0 Å².